The van der Waals surface area contributed by atoms with E-state index in [-0.39, 0.29) is 6.10 Å². The zero-order chi connectivity index (χ0) is 16.8. The third-order valence-corrected chi connectivity index (χ3v) is 5.50. The predicted octanol–water partition coefficient (Wildman–Crippen LogP) is 4.39. The van der Waals surface area contributed by atoms with Crippen molar-refractivity contribution in [2.24, 2.45) is 0 Å². The molecular weight excluding hydrogens is 314 g/mol. The van der Waals surface area contributed by atoms with Gasteiger partial charge in [-0.1, -0.05) is 18.2 Å². The van der Waals surface area contributed by atoms with Crippen molar-refractivity contribution < 1.29 is 14.2 Å². The van der Waals surface area contributed by atoms with E-state index in [0.717, 1.165) is 37.1 Å². The van der Waals surface area contributed by atoms with Crippen molar-refractivity contribution in [3.05, 3.63) is 53.1 Å². The number of benzene rings is 2. The molecule has 1 atom stereocenters. The van der Waals surface area contributed by atoms with Gasteiger partial charge in [0.2, 0.25) is 6.79 Å². The molecule has 2 aliphatic heterocycles. The number of fused-ring (bicyclic) bond motifs is 2. The fourth-order valence-electron chi connectivity index (χ4n) is 3.97. The molecule has 1 fully saturated rings. The normalized spacial score (nSPS) is 22.3. The molecule has 2 aromatic carbocycles. The monoisotopic (exact) mass is 337 g/mol. The summed E-state index contributed by atoms with van der Waals surface area (Å²) in [5.41, 5.74) is 5.48. The maximum Gasteiger partial charge on any atom is 0.231 e. The van der Waals surface area contributed by atoms with E-state index in [4.69, 9.17) is 14.2 Å². The molecule has 130 valence electrons. The first-order valence-corrected chi connectivity index (χ1v) is 9.17. The van der Waals surface area contributed by atoms with Gasteiger partial charge in [-0.15, -0.1) is 0 Å². The number of hydrogen-bond donors (Lipinski definition) is 0. The Morgan fingerprint density at radius 3 is 2.72 bits per heavy atom. The lowest BCUT2D eigenvalue weighted by molar-refractivity contribution is 0.0671. The lowest BCUT2D eigenvalue weighted by Gasteiger charge is -2.32. The van der Waals surface area contributed by atoms with Crippen LogP contribution in [0.1, 0.15) is 48.5 Å². The van der Waals surface area contributed by atoms with Crippen molar-refractivity contribution in [3.8, 4) is 11.5 Å². The van der Waals surface area contributed by atoms with Crippen LogP contribution in [0, 0.1) is 0 Å². The van der Waals surface area contributed by atoms with E-state index in [1.807, 2.05) is 6.07 Å². The minimum Gasteiger partial charge on any atom is -0.454 e. The number of nitrogens with zero attached hydrogens (tertiary/aromatic N) is 1. The highest BCUT2D eigenvalue weighted by atomic mass is 16.7. The third kappa shape index (κ3) is 2.74. The average Bonchev–Trinajstić information content (AvgIpc) is 3.36. The first kappa shape index (κ1) is 15.1. The van der Waals surface area contributed by atoms with Crippen molar-refractivity contribution in [3.63, 3.8) is 0 Å². The van der Waals surface area contributed by atoms with E-state index in [2.05, 4.69) is 42.2 Å². The molecular formula is C21H23NO3. The highest BCUT2D eigenvalue weighted by Crippen LogP contribution is 2.44. The molecule has 1 unspecified atom stereocenters. The van der Waals surface area contributed by atoms with E-state index >= 15 is 0 Å². The molecule has 0 aromatic heterocycles. The zero-order valence-electron chi connectivity index (χ0n) is 14.5. The fourth-order valence-corrected chi connectivity index (χ4v) is 3.97. The summed E-state index contributed by atoms with van der Waals surface area (Å²) >= 11 is 0. The van der Waals surface area contributed by atoms with Crippen LogP contribution in [0.4, 0.5) is 5.69 Å². The highest BCUT2D eigenvalue weighted by molar-refractivity contribution is 5.58. The zero-order valence-corrected chi connectivity index (χ0v) is 14.5. The van der Waals surface area contributed by atoms with Crippen LogP contribution in [0.2, 0.25) is 0 Å². The second-order valence-electron chi connectivity index (χ2n) is 7.16. The summed E-state index contributed by atoms with van der Waals surface area (Å²) in [5, 5.41) is 0. The van der Waals surface area contributed by atoms with Crippen molar-refractivity contribution >= 4 is 5.69 Å². The Hall–Kier alpha value is -2.20. The smallest absolute Gasteiger partial charge is 0.231 e. The molecule has 1 saturated carbocycles. The van der Waals surface area contributed by atoms with Gasteiger partial charge in [-0.25, -0.2) is 0 Å². The second-order valence-corrected chi connectivity index (χ2v) is 7.16. The van der Waals surface area contributed by atoms with Crippen LogP contribution in [0.5, 0.6) is 11.5 Å². The van der Waals surface area contributed by atoms with Gasteiger partial charge in [-0.2, -0.15) is 0 Å². The van der Waals surface area contributed by atoms with Gasteiger partial charge < -0.3 is 19.1 Å². The van der Waals surface area contributed by atoms with E-state index in [1.165, 1.54) is 35.2 Å². The van der Waals surface area contributed by atoms with Gasteiger partial charge in [0, 0.05) is 24.8 Å². The topological polar surface area (TPSA) is 30.9 Å². The minimum atomic E-state index is 0.160. The lowest BCUT2D eigenvalue weighted by Crippen LogP contribution is -2.31. The molecule has 0 amide bonds. The van der Waals surface area contributed by atoms with Gasteiger partial charge >= 0.3 is 0 Å². The van der Waals surface area contributed by atoms with Crippen LogP contribution in [-0.2, 0) is 11.3 Å². The van der Waals surface area contributed by atoms with Crippen LogP contribution >= 0.6 is 0 Å². The van der Waals surface area contributed by atoms with Crippen LogP contribution in [0.3, 0.4) is 0 Å². The lowest BCUT2D eigenvalue weighted by atomic mass is 9.94. The first-order chi connectivity index (χ1) is 12.3. The summed E-state index contributed by atoms with van der Waals surface area (Å²) in [6.07, 6.45) is 2.79. The molecule has 25 heavy (non-hydrogen) atoms. The maximum atomic E-state index is 6.11. The molecule has 0 saturated heterocycles. The molecule has 0 N–H and O–H groups in total. The van der Waals surface area contributed by atoms with Gasteiger partial charge in [-0.3, -0.25) is 0 Å². The molecule has 3 aliphatic rings. The maximum absolute atomic E-state index is 6.11. The van der Waals surface area contributed by atoms with Gasteiger partial charge in [0.25, 0.3) is 0 Å². The SMILES string of the molecule is CC1OCCN(c2ccc3c(c2)OCO3)Cc2c(C3CC3)cccc21. The molecule has 0 spiro atoms. The summed E-state index contributed by atoms with van der Waals surface area (Å²) in [6, 6.07) is 13.0. The highest BCUT2D eigenvalue weighted by Gasteiger charge is 2.30. The van der Waals surface area contributed by atoms with Crippen molar-refractivity contribution in [1.82, 2.24) is 0 Å². The molecule has 4 heteroatoms. The summed E-state index contributed by atoms with van der Waals surface area (Å²) in [4.78, 5) is 2.40. The van der Waals surface area contributed by atoms with E-state index in [9.17, 15) is 0 Å². The standard InChI is InChI=1S/C21H23NO3/c1-14-17-3-2-4-18(15-5-6-15)19(17)12-22(9-10-23-14)16-7-8-20-21(11-16)25-13-24-20/h2-4,7-8,11,14-15H,5-6,9-10,12-13H2,1H3. The van der Waals surface area contributed by atoms with E-state index in [1.54, 1.807) is 0 Å². The Bertz CT molecular complexity index is 800. The van der Waals surface area contributed by atoms with E-state index < -0.39 is 0 Å². The molecule has 2 heterocycles. The second kappa shape index (κ2) is 5.95. The first-order valence-electron chi connectivity index (χ1n) is 9.17. The number of anilines is 1. The summed E-state index contributed by atoms with van der Waals surface area (Å²) in [7, 11) is 0. The Balaban J connectivity index is 1.53. The average molecular weight is 337 g/mol. The van der Waals surface area contributed by atoms with Crippen LogP contribution < -0.4 is 14.4 Å². The van der Waals surface area contributed by atoms with Crippen molar-refractivity contribution in [2.45, 2.75) is 38.3 Å². The summed E-state index contributed by atoms with van der Waals surface area (Å²) in [6.45, 7) is 5.01. The Labute approximate surface area is 148 Å². The molecule has 4 nitrogen and oxygen atoms in total. The minimum absolute atomic E-state index is 0.160. The Morgan fingerprint density at radius 2 is 1.84 bits per heavy atom. The van der Waals surface area contributed by atoms with Crippen LogP contribution in [-0.4, -0.2) is 19.9 Å². The van der Waals surface area contributed by atoms with Crippen molar-refractivity contribution in [1.29, 1.82) is 0 Å². The quantitative estimate of drug-likeness (QED) is 0.813. The van der Waals surface area contributed by atoms with Gasteiger partial charge in [0.15, 0.2) is 11.5 Å². The summed E-state index contributed by atoms with van der Waals surface area (Å²) < 4.78 is 17.1. The van der Waals surface area contributed by atoms with Gasteiger partial charge in [-0.05, 0) is 54.5 Å². The fraction of sp³-hybridized carbons (Fsp3) is 0.429. The van der Waals surface area contributed by atoms with E-state index in [0.29, 0.717) is 6.79 Å². The molecule has 2 aromatic rings. The molecule has 0 radical (unpaired) electrons. The third-order valence-electron chi connectivity index (χ3n) is 5.50. The predicted molar refractivity (Wildman–Crippen MR) is 96.4 cm³/mol. The number of hydrogen-bond acceptors (Lipinski definition) is 4. The molecule has 5 rings (SSSR count). The largest absolute Gasteiger partial charge is 0.454 e. The van der Waals surface area contributed by atoms with Crippen LogP contribution in [0.25, 0.3) is 0 Å². The Kier molecular flexibility index (Phi) is 3.59. The summed E-state index contributed by atoms with van der Waals surface area (Å²) in [5.74, 6) is 2.41. The van der Waals surface area contributed by atoms with Crippen LogP contribution in [0.15, 0.2) is 36.4 Å². The number of rotatable bonds is 2. The van der Waals surface area contributed by atoms with Gasteiger partial charge in [0.05, 0.1) is 12.7 Å². The Morgan fingerprint density at radius 1 is 1.00 bits per heavy atom. The van der Waals surface area contributed by atoms with Gasteiger partial charge in [0.1, 0.15) is 0 Å². The molecule has 0 bridgehead atoms. The molecule has 1 aliphatic carbocycles. The van der Waals surface area contributed by atoms with Crippen molar-refractivity contribution in [2.75, 3.05) is 24.8 Å². The number of ether oxygens (including phenoxy) is 3.